The van der Waals surface area contributed by atoms with Gasteiger partial charge in [0.2, 0.25) is 11.1 Å². The zero-order valence-corrected chi connectivity index (χ0v) is 9.30. The summed E-state index contributed by atoms with van der Waals surface area (Å²) in [7, 11) is 0. The summed E-state index contributed by atoms with van der Waals surface area (Å²) in [4.78, 5) is 15.0. The maximum absolute atomic E-state index is 11.2. The van der Waals surface area contributed by atoms with Gasteiger partial charge in [-0.2, -0.15) is 4.99 Å². The van der Waals surface area contributed by atoms with Gasteiger partial charge in [-0.15, -0.1) is 10.5 Å². The molecule has 4 nitrogen and oxygen atoms in total. The first-order valence-electron chi connectivity index (χ1n) is 4.83. The zero-order chi connectivity index (χ0) is 10.4. The summed E-state index contributed by atoms with van der Waals surface area (Å²) in [5.74, 6) is -0.105. The maximum Gasteiger partial charge on any atom is 0.248 e. The predicted octanol–water partition coefficient (Wildman–Crippen LogP) is 2.13. The van der Waals surface area contributed by atoms with Gasteiger partial charge in [0.1, 0.15) is 5.04 Å². The SMILES string of the molecule is CCCC(=O)N=C1[N]N=C(CCC)S1. The number of aliphatic imine (C=N–C) groups is 1. The summed E-state index contributed by atoms with van der Waals surface area (Å²) >= 11 is 1.40. The second-order valence-electron chi connectivity index (χ2n) is 2.98. The molecular formula is C9H14N3OS. The number of thioether (sulfide) groups is 1. The summed E-state index contributed by atoms with van der Waals surface area (Å²) in [5.41, 5.74) is 3.84. The molecule has 0 saturated heterocycles. The molecule has 0 fully saturated rings. The second-order valence-corrected chi connectivity index (χ2v) is 4.02. The van der Waals surface area contributed by atoms with Gasteiger partial charge in [-0.3, -0.25) is 4.79 Å². The van der Waals surface area contributed by atoms with Gasteiger partial charge in [0.15, 0.2) is 0 Å². The minimum absolute atomic E-state index is 0.105. The van der Waals surface area contributed by atoms with Crippen LogP contribution in [0.25, 0.3) is 0 Å². The summed E-state index contributed by atoms with van der Waals surface area (Å²) in [6.45, 7) is 4.04. The fourth-order valence-electron chi connectivity index (χ4n) is 0.981. The monoisotopic (exact) mass is 212 g/mol. The molecule has 77 valence electrons. The molecule has 0 atom stereocenters. The second kappa shape index (κ2) is 5.80. The molecule has 0 aromatic heterocycles. The van der Waals surface area contributed by atoms with Gasteiger partial charge in [-0.05, 0) is 31.0 Å². The van der Waals surface area contributed by atoms with Gasteiger partial charge >= 0.3 is 0 Å². The minimum Gasteiger partial charge on any atom is -0.273 e. The van der Waals surface area contributed by atoms with Crippen LogP contribution >= 0.6 is 11.8 Å². The number of hydrogen-bond acceptors (Lipinski definition) is 3. The average Bonchev–Trinajstić information content (AvgIpc) is 2.53. The van der Waals surface area contributed by atoms with Crippen LogP contribution in [0.4, 0.5) is 0 Å². The highest BCUT2D eigenvalue weighted by Crippen LogP contribution is 2.17. The molecule has 1 rings (SSSR count). The van der Waals surface area contributed by atoms with Gasteiger partial charge in [-0.1, -0.05) is 13.8 Å². The van der Waals surface area contributed by atoms with E-state index in [1.165, 1.54) is 11.8 Å². The highest BCUT2D eigenvalue weighted by molar-refractivity contribution is 8.26. The Morgan fingerprint density at radius 3 is 2.86 bits per heavy atom. The van der Waals surface area contributed by atoms with Crippen LogP contribution in [0.1, 0.15) is 39.5 Å². The van der Waals surface area contributed by atoms with E-state index in [0.29, 0.717) is 11.6 Å². The van der Waals surface area contributed by atoms with Crippen molar-refractivity contribution in [1.82, 2.24) is 5.43 Å². The molecule has 1 heterocycles. The number of amidine groups is 1. The first-order chi connectivity index (χ1) is 6.76. The Bertz CT molecular complexity index is 273. The van der Waals surface area contributed by atoms with Crippen molar-refractivity contribution >= 4 is 27.9 Å². The number of nitrogens with zero attached hydrogens (tertiary/aromatic N) is 3. The Morgan fingerprint density at radius 1 is 1.43 bits per heavy atom. The van der Waals surface area contributed by atoms with E-state index in [9.17, 15) is 4.79 Å². The lowest BCUT2D eigenvalue weighted by Crippen LogP contribution is -2.04. The number of amides is 1. The molecular weight excluding hydrogens is 198 g/mol. The molecule has 0 aromatic rings. The molecule has 0 aliphatic carbocycles. The molecule has 14 heavy (non-hydrogen) atoms. The highest BCUT2D eigenvalue weighted by Gasteiger charge is 2.16. The molecule has 1 radical (unpaired) electrons. The van der Waals surface area contributed by atoms with Crippen molar-refractivity contribution in [1.29, 1.82) is 0 Å². The van der Waals surface area contributed by atoms with Crippen molar-refractivity contribution in [3.8, 4) is 0 Å². The van der Waals surface area contributed by atoms with E-state index in [1.54, 1.807) is 0 Å². The molecule has 5 heteroatoms. The van der Waals surface area contributed by atoms with E-state index in [-0.39, 0.29) is 5.91 Å². The lowest BCUT2D eigenvalue weighted by atomic mass is 10.3. The minimum atomic E-state index is -0.105. The summed E-state index contributed by atoms with van der Waals surface area (Å²) in [5, 5.41) is 5.39. The normalized spacial score (nSPS) is 18.1. The lowest BCUT2D eigenvalue weighted by molar-refractivity contribution is -0.117. The summed E-state index contributed by atoms with van der Waals surface area (Å²) < 4.78 is 0. The van der Waals surface area contributed by atoms with E-state index in [1.807, 2.05) is 6.92 Å². The first-order valence-corrected chi connectivity index (χ1v) is 5.64. The molecule has 0 spiro atoms. The summed E-state index contributed by atoms with van der Waals surface area (Å²) in [6, 6.07) is 0. The fraction of sp³-hybridized carbons (Fsp3) is 0.667. The van der Waals surface area contributed by atoms with Crippen molar-refractivity contribution in [2.75, 3.05) is 0 Å². The topological polar surface area (TPSA) is 55.9 Å². The van der Waals surface area contributed by atoms with Gasteiger partial charge < -0.3 is 0 Å². The Balaban J connectivity index is 2.40. The Hall–Kier alpha value is -0.840. The van der Waals surface area contributed by atoms with Gasteiger partial charge in [0, 0.05) is 6.42 Å². The standard InChI is InChI=1S/C9H14N3OS/c1-3-5-7(13)10-9-12-11-8(14-9)6-4-2/h3-6H2,1-2H3. The van der Waals surface area contributed by atoms with Gasteiger partial charge in [0.25, 0.3) is 0 Å². The number of carbonyl (C=O) groups is 1. The van der Waals surface area contributed by atoms with Crippen molar-refractivity contribution in [3.05, 3.63) is 0 Å². The molecule has 1 amide bonds. The van der Waals surface area contributed by atoms with Crippen LogP contribution in [0.3, 0.4) is 0 Å². The van der Waals surface area contributed by atoms with Crippen molar-refractivity contribution in [3.63, 3.8) is 0 Å². The quantitative estimate of drug-likeness (QED) is 0.716. The molecule has 1 aliphatic rings. The van der Waals surface area contributed by atoms with E-state index >= 15 is 0 Å². The van der Waals surface area contributed by atoms with Crippen molar-refractivity contribution < 1.29 is 4.79 Å². The van der Waals surface area contributed by atoms with Gasteiger partial charge in [0.05, 0.1) is 0 Å². The molecule has 0 saturated carbocycles. The Morgan fingerprint density at radius 2 is 2.21 bits per heavy atom. The maximum atomic E-state index is 11.2. The molecule has 0 unspecified atom stereocenters. The van der Waals surface area contributed by atoms with E-state index in [4.69, 9.17) is 0 Å². The first kappa shape index (κ1) is 11.2. The predicted molar refractivity (Wildman–Crippen MR) is 59.4 cm³/mol. The summed E-state index contributed by atoms with van der Waals surface area (Å²) in [6.07, 6.45) is 3.26. The largest absolute Gasteiger partial charge is 0.273 e. The Labute approximate surface area is 88.2 Å². The highest BCUT2D eigenvalue weighted by atomic mass is 32.2. The number of rotatable bonds is 4. The molecule has 0 bridgehead atoms. The van der Waals surface area contributed by atoms with Crippen LogP contribution in [0.2, 0.25) is 0 Å². The van der Waals surface area contributed by atoms with E-state index in [2.05, 4.69) is 22.4 Å². The van der Waals surface area contributed by atoms with Crippen LogP contribution in [-0.4, -0.2) is 16.1 Å². The number of carbonyl (C=O) groups excluding carboxylic acids is 1. The molecule has 0 aromatic carbocycles. The van der Waals surface area contributed by atoms with Crippen LogP contribution in [0.15, 0.2) is 10.1 Å². The molecule has 1 aliphatic heterocycles. The van der Waals surface area contributed by atoms with E-state index in [0.717, 1.165) is 24.3 Å². The third-order valence-electron chi connectivity index (χ3n) is 1.60. The fourth-order valence-corrected chi connectivity index (χ4v) is 1.81. The smallest absolute Gasteiger partial charge is 0.248 e. The van der Waals surface area contributed by atoms with Crippen LogP contribution in [0, 0.1) is 0 Å². The number of hydrogen-bond donors (Lipinski definition) is 0. The zero-order valence-electron chi connectivity index (χ0n) is 8.49. The average molecular weight is 212 g/mol. The van der Waals surface area contributed by atoms with Gasteiger partial charge in [-0.25, -0.2) is 0 Å². The lowest BCUT2D eigenvalue weighted by Gasteiger charge is -1.93. The Kier molecular flexibility index (Phi) is 4.65. The van der Waals surface area contributed by atoms with E-state index < -0.39 is 0 Å². The third-order valence-corrected chi connectivity index (χ3v) is 2.48. The van der Waals surface area contributed by atoms with Crippen LogP contribution in [0.5, 0.6) is 0 Å². The van der Waals surface area contributed by atoms with Crippen molar-refractivity contribution in [2.24, 2.45) is 10.1 Å². The van der Waals surface area contributed by atoms with Crippen LogP contribution in [-0.2, 0) is 4.79 Å². The molecule has 0 N–H and O–H groups in total. The van der Waals surface area contributed by atoms with Crippen LogP contribution < -0.4 is 5.43 Å². The van der Waals surface area contributed by atoms with Crippen molar-refractivity contribution in [2.45, 2.75) is 39.5 Å². The third kappa shape index (κ3) is 3.49.